The molecule has 0 aliphatic carbocycles. The van der Waals surface area contributed by atoms with Gasteiger partial charge in [-0.2, -0.15) is 0 Å². The lowest BCUT2D eigenvalue weighted by Gasteiger charge is -2.10. The average molecular weight is 328 g/mol. The molecule has 1 aliphatic heterocycles. The Hall–Kier alpha value is -2.14. The minimum absolute atomic E-state index is 0.0465. The molecule has 0 radical (unpaired) electrons. The summed E-state index contributed by atoms with van der Waals surface area (Å²) in [4.78, 5) is 16.6. The van der Waals surface area contributed by atoms with Gasteiger partial charge in [-0.3, -0.25) is 4.79 Å². The summed E-state index contributed by atoms with van der Waals surface area (Å²) in [6.07, 6.45) is 3.47. The third-order valence-corrected chi connectivity index (χ3v) is 4.38. The van der Waals surface area contributed by atoms with Crippen molar-refractivity contribution in [1.29, 1.82) is 0 Å². The Kier molecular flexibility index (Phi) is 5.30. The highest BCUT2D eigenvalue weighted by atomic mass is 16.5. The quantitative estimate of drug-likeness (QED) is 0.885. The van der Waals surface area contributed by atoms with E-state index in [-0.39, 0.29) is 18.4 Å². The zero-order valence-corrected chi connectivity index (χ0v) is 14.3. The molecule has 3 rings (SSSR count). The zero-order chi connectivity index (χ0) is 16.9. The van der Waals surface area contributed by atoms with Crippen molar-refractivity contribution in [2.75, 3.05) is 13.2 Å². The van der Waals surface area contributed by atoms with E-state index in [0.717, 1.165) is 31.4 Å². The summed E-state index contributed by atoms with van der Waals surface area (Å²) in [7, 11) is 0. The molecule has 1 aliphatic rings. The molecule has 1 unspecified atom stereocenters. The van der Waals surface area contributed by atoms with Crippen LogP contribution in [-0.2, 0) is 22.4 Å². The molecule has 1 atom stereocenters. The standard InChI is InChI=1S/C19H24N2O3/c1-3-14-6-8-15(9-7-14)19-21-17(13(2)24-19)11-18(22)20-12-16-5-4-10-23-16/h6-9,16H,3-5,10-12H2,1-2H3,(H,20,22). The number of nitrogens with one attached hydrogen (secondary N) is 1. The molecule has 1 fully saturated rings. The summed E-state index contributed by atoms with van der Waals surface area (Å²) in [5.41, 5.74) is 2.89. The average Bonchev–Trinajstić information content (AvgIpc) is 3.23. The first-order chi connectivity index (χ1) is 11.7. The largest absolute Gasteiger partial charge is 0.441 e. The molecule has 5 heteroatoms. The van der Waals surface area contributed by atoms with Crippen LogP contribution in [0.5, 0.6) is 0 Å². The van der Waals surface area contributed by atoms with Crippen LogP contribution in [0.3, 0.4) is 0 Å². The van der Waals surface area contributed by atoms with E-state index in [2.05, 4.69) is 29.4 Å². The topological polar surface area (TPSA) is 64.4 Å². The lowest BCUT2D eigenvalue weighted by molar-refractivity contribution is -0.121. The Balaban J connectivity index is 1.61. The van der Waals surface area contributed by atoms with E-state index in [4.69, 9.17) is 9.15 Å². The van der Waals surface area contributed by atoms with Gasteiger partial charge in [-0.05, 0) is 43.9 Å². The molecule has 1 N–H and O–H groups in total. The first-order valence-corrected chi connectivity index (χ1v) is 8.59. The summed E-state index contributed by atoms with van der Waals surface area (Å²) in [6, 6.07) is 8.16. The second kappa shape index (κ2) is 7.62. The van der Waals surface area contributed by atoms with Gasteiger partial charge in [-0.15, -0.1) is 0 Å². The van der Waals surface area contributed by atoms with E-state index in [9.17, 15) is 4.79 Å². The molecule has 0 saturated carbocycles. The second-order valence-corrected chi connectivity index (χ2v) is 6.19. The number of benzene rings is 1. The smallest absolute Gasteiger partial charge is 0.226 e. The number of oxazole rings is 1. The minimum atomic E-state index is -0.0465. The molecule has 0 bridgehead atoms. The highest BCUT2D eigenvalue weighted by molar-refractivity contribution is 5.78. The highest BCUT2D eigenvalue weighted by Crippen LogP contribution is 2.22. The molecule has 5 nitrogen and oxygen atoms in total. The number of rotatable bonds is 6. The Labute approximate surface area is 142 Å². The van der Waals surface area contributed by atoms with Gasteiger partial charge in [0.05, 0.1) is 18.2 Å². The van der Waals surface area contributed by atoms with Crippen LogP contribution in [0.1, 0.15) is 36.8 Å². The fourth-order valence-corrected chi connectivity index (χ4v) is 2.85. The zero-order valence-electron chi connectivity index (χ0n) is 14.3. The van der Waals surface area contributed by atoms with Gasteiger partial charge in [0.1, 0.15) is 5.76 Å². The van der Waals surface area contributed by atoms with Crippen molar-refractivity contribution in [2.45, 2.75) is 45.6 Å². The molecular weight excluding hydrogens is 304 g/mol. The maximum Gasteiger partial charge on any atom is 0.226 e. The number of hydrogen-bond acceptors (Lipinski definition) is 4. The first-order valence-electron chi connectivity index (χ1n) is 8.59. The molecule has 1 saturated heterocycles. The van der Waals surface area contributed by atoms with Gasteiger partial charge in [0.15, 0.2) is 0 Å². The number of hydrogen-bond donors (Lipinski definition) is 1. The minimum Gasteiger partial charge on any atom is -0.441 e. The van der Waals surface area contributed by atoms with Crippen LogP contribution in [0.4, 0.5) is 0 Å². The number of aryl methyl sites for hydroxylation is 2. The summed E-state index contributed by atoms with van der Waals surface area (Å²) in [5, 5.41) is 2.92. The second-order valence-electron chi connectivity index (χ2n) is 6.19. The Morgan fingerprint density at radius 2 is 2.12 bits per heavy atom. The van der Waals surface area contributed by atoms with Crippen molar-refractivity contribution in [3.8, 4) is 11.5 Å². The fourth-order valence-electron chi connectivity index (χ4n) is 2.85. The van der Waals surface area contributed by atoms with Gasteiger partial charge in [-0.1, -0.05) is 19.1 Å². The summed E-state index contributed by atoms with van der Waals surface area (Å²) >= 11 is 0. The first kappa shape index (κ1) is 16.7. The van der Waals surface area contributed by atoms with Gasteiger partial charge in [0, 0.05) is 18.7 Å². The van der Waals surface area contributed by atoms with Crippen molar-refractivity contribution in [3.63, 3.8) is 0 Å². The molecule has 2 heterocycles. The molecule has 0 spiro atoms. The lowest BCUT2D eigenvalue weighted by Crippen LogP contribution is -2.32. The van der Waals surface area contributed by atoms with Crippen molar-refractivity contribution in [2.24, 2.45) is 0 Å². The van der Waals surface area contributed by atoms with Gasteiger partial charge < -0.3 is 14.5 Å². The summed E-state index contributed by atoms with van der Waals surface area (Å²) in [6.45, 7) is 5.33. The number of amides is 1. The fraction of sp³-hybridized carbons (Fsp3) is 0.474. The van der Waals surface area contributed by atoms with Crippen LogP contribution in [-0.4, -0.2) is 30.1 Å². The predicted molar refractivity (Wildman–Crippen MR) is 91.7 cm³/mol. The van der Waals surface area contributed by atoms with Gasteiger partial charge in [-0.25, -0.2) is 4.98 Å². The van der Waals surface area contributed by atoms with E-state index in [1.54, 1.807) is 0 Å². The van der Waals surface area contributed by atoms with Crippen LogP contribution >= 0.6 is 0 Å². The molecular formula is C19H24N2O3. The van der Waals surface area contributed by atoms with E-state index in [1.807, 2.05) is 19.1 Å². The molecule has 2 aromatic rings. The van der Waals surface area contributed by atoms with Gasteiger partial charge in [0.2, 0.25) is 11.8 Å². The SMILES string of the molecule is CCc1ccc(-c2nc(CC(=O)NCC3CCCO3)c(C)o2)cc1. The Morgan fingerprint density at radius 3 is 2.79 bits per heavy atom. The van der Waals surface area contributed by atoms with Crippen LogP contribution in [0, 0.1) is 6.92 Å². The highest BCUT2D eigenvalue weighted by Gasteiger charge is 2.18. The van der Waals surface area contributed by atoms with Crippen LogP contribution in [0.2, 0.25) is 0 Å². The normalized spacial score (nSPS) is 17.2. The maximum absolute atomic E-state index is 12.1. The third-order valence-electron chi connectivity index (χ3n) is 4.38. The van der Waals surface area contributed by atoms with Crippen molar-refractivity contribution >= 4 is 5.91 Å². The van der Waals surface area contributed by atoms with Crippen molar-refractivity contribution in [1.82, 2.24) is 10.3 Å². The van der Waals surface area contributed by atoms with Crippen LogP contribution < -0.4 is 5.32 Å². The maximum atomic E-state index is 12.1. The Bertz CT molecular complexity index is 685. The van der Waals surface area contributed by atoms with E-state index in [0.29, 0.717) is 23.9 Å². The lowest BCUT2D eigenvalue weighted by atomic mass is 10.1. The van der Waals surface area contributed by atoms with E-state index in [1.165, 1.54) is 5.56 Å². The van der Waals surface area contributed by atoms with E-state index < -0.39 is 0 Å². The van der Waals surface area contributed by atoms with Crippen molar-refractivity contribution in [3.05, 3.63) is 41.3 Å². The van der Waals surface area contributed by atoms with Crippen LogP contribution in [0.15, 0.2) is 28.7 Å². The number of aromatic nitrogens is 1. The summed E-state index contributed by atoms with van der Waals surface area (Å²) < 4.78 is 11.2. The molecule has 128 valence electrons. The number of carbonyl (C=O) groups is 1. The molecule has 1 aromatic heterocycles. The number of carbonyl (C=O) groups excluding carboxylic acids is 1. The van der Waals surface area contributed by atoms with Crippen LogP contribution in [0.25, 0.3) is 11.5 Å². The molecule has 1 amide bonds. The van der Waals surface area contributed by atoms with Gasteiger partial charge in [0.25, 0.3) is 0 Å². The molecule has 24 heavy (non-hydrogen) atoms. The predicted octanol–water partition coefficient (Wildman–Crippen LogP) is 3.05. The summed E-state index contributed by atoms with van der Waals surface area (Å²) in [5.74, 6) is 1.21. The van der Waals surface area contributed by atoms with Gasteiger partial charge >= 0.3 is 0 Å². The number of nitrogens with zero attached hydrogens (tertiary/aromatic N) is 1. The van der Waals surface area contributed by atoms with Crippen molar-refractivity contribution < 1.29 is 13.9 Å². The number of ether oxygens (including phenoxy) is 1. The Morgan fingerprint density at radius 1 is 1.33 bits per heavy atom. The monoisotopic (exact) mass is 328 g/mol. The molecule has 1 aromatic carbocycles. The third kappa shape index (κ3) is 4.03. The van der Waals surface area contributed by atoms with E-state index >= 15 is 0 Å².